The number of rotatable bonds is 2. The Balaban J connectivity index is 2.17. The number of carbonyl (C=O) groups is 2. The summed E-state index contributed by atoms with van der Waals surface area (Å²) in [5.74, 6) is -0.395. The molecule has 1 heterocycles. The second kappa shape index (κ2) is 4.29. The molecule has 0 saturated carbocycles. The van der Waals surface area contributed by atoms with Gasteiger partial charge >= 0.3 is 0 Å². The molecule has 2 amide bonds. The SMILES string of the molecule is COc1ccc(C(=O)N2CC(O)=CC2=O)cc1. The Labute approximate surface area is 97.9 Å². The molecule has 0 bridgehead atoms. The number of carbonyl (C=O) groups excluding carboxylic acids is 2. The fourth-order valence-electron chi connectivity index (χ4n) is 1.57. The van der Waals surface area contributed by atoms with Crippen molar-refractivity contribution in [2.24, 2.45) is 0 Å². The van der Waals surface area contributed by atoms with E-state index >= 15 is 0 Å². The minimum atomic E-state index is -0.497. The molecule has 1 aliphatic heterocycles. The number of methoxy groups -OCH3 is 1. The van der Waals surface area contributed by atoms with E-state index in [4.69, 9.17) is 4.74 Å². The Hall–Kier alpha value is -2.30. The van der Waals surface area contributed by atoms with Gasteiger partial charge in [-0.2, -0.15) is 0 Å². The van der Waals surface area contributed by atoms with Crippen molar-refractivity contribution >= 4 is 11.8 Å². The van der Waals surface area contributed by atoms with E-state index in [1.807, 2.05) is 0 Å². The lowest BCUT2D eigenvalue weighted by atomic mass is 10.2. The fraction of sp³-hybridized carbons (Fsp3) is 0.167. The van der Waals surface area contributed by atoms with E-state index in [0.717, 1.165) is 11.0 Å². The van der Waals surface area contributed by atoms with Crippen LogP contribution in [0.5, 0.6) is 5.75 Å². The molecule has 0 saturated heterocycles. The standard InChI is InChI=1S/C12H11NO4/c1-17-10-4-2-8(3-5-10)12(16)13-7-9(14)6-11(13)15/h2-6,14H,7H2,1H3. The lowest BCUT2D eigenvalue weighted by molar-refractivity contribution is -0.122. The average Bonchev–Trinajstić information content (AvgIpc) is 2.68. The minimum absolute atomic E-state index is 0.0658. The fourth-order valence-corrected chi connectivity index (χ4v) is 1.57. The molecule has 1 aromatic rings. The molecule has 1 aromatic carbocycles. The molecule has 0 atom stereocenters. The summed E-state index contributed by atoms with van der Waals surface area (Å²) in [7, 11) is 1.53. The number of amides is 2. The highest BCUT2D eigenvalue weighted by molar-refractivity contribution is 6.09. The van der Waals surface area contributed by atoms with Gasteiger partial charge in [-0.25, -0.2) is 0 Å². The zero-order chi connectivity index (χ0) is 12.4. The van der Waals surface area contributed by atoms with Crippen LogP contribution in [-0.2, 0) is 4.79 Å². The predicted octanol–water partition coefficient (Wildman–Crippen LogP) is 1.12. The molecule has 1 aliphatic rings. The molecular weight excluding hydrogens is 222 g/mol. The van der Waals surface area contributed by atoms with E-state index in [-0.39, 0.29) is 12.3 Å². The highest BCUT2D eigenvalue weighted by Crippen LogP contribution is 2.16. The maximum Gasteiger partial charge on any atom is 0.261 e. The van der Waals surface area contributed by atoms with Crippen LogP contribution in [-0.4, -0.2) is 35.5 Å². The van der Waals surface area contributed by atoms with Crippen LogP contribution in [0.25, 0.3) is 0 Å². The van der Waals surface area contributed by atoms with Gasteiger partial charge < -0.3 is 9.84 Å². The summed E-state index contributed by atoms with van der Waals surface area (Å²) in [5, 5.41) is 9.17. The van der Waals surface area contributed by atoms with Crippen LogP contribution in [0, 0.1) is 0 Å². The molecular formula is C12H11NO4. The van der Waals surface area contributed by atoms with E-state index in [9.17, 15) is 14.7 Å². The number of ether oxygens (including phenoxy) is 1. The van der Waals surface area contributed by atoms with E-state index in [0.29, 0.717) is 11.3 Å². The molecule has 0 radical (unpaired) electrons. The molecule has 0 fully saturated rings. The van der Waals surface area contributed by atoms with Gasteiger partial charge in [0.2, 0.25) is 0 Å². The molecule has 1 N–H and O–H groups in total. The maximum absolute atomic E-state index is 11.9. The average molecular weight is 233 g/mol. The van der Waals surface area contributed by atoms with E-state index in [1.165, 1.54) is 7.11 Å². The van der Waals surface area contributed by atoms with Crippen LogP contribution in [0.4, 0.5) is 0 Å². The Morgan fingerprint density at radius 1 is 1.35 bits per heavy atom. The molecule has 5 nitrogen and oxygen atoms in total. The van der Waals surface area contributed by atoms with Crippen molar-refractivity contribution in [3.8, 4) is 5.75 Å². The third kappa shape index (κ3) is 2.13. The maximum atomic E-state index is 11.9. The van der Waals surface area contributed by atoms with E-state index < -0.39 is 11.8 Å². The first kappa shape index (κ1) is 11.2. The number of aliphatic hydroxyl groups is 1. The molecule has 2 rings (SSSR count). The van der Waals surface area contributed by atoms with Crippen molar-refractivity contribution in [1.82, 2.24) is 4.90 Å². The summed E-state index contributed by atoms with van der Waals surface area (Å²) in [6.07, 6.45) is 1.04. The summed E-state index contributed by atoms with van der Waals surface area (Å²) in [5.41, 5.74) is 0.377. The van der Waals surface area contributed by atoms with Crippen molar-refractivity contribution in [3.05, 3.63) is 41.7 Å². The van der Waals surface area contributed by atoms with Crippen LogP contribution in [0.15, 0.2) is 36.1 Å². The number of aliphatic hydroxyl groups excluding tert-OH is 1. The monoisotopic (exact) mass is 233 g/mol. The van der Waals surface area contributed by atoms with Crippen LogP contribution in [0.3, 0.4) is 0 Å². The molecule has 0 spiro atoms. The molecule has 0 aromatic heterocycles. The second-order valence-electron chi connectivity index (χ2n) is 3.59. The van der Waals surface area contributed by atoms with Gasteiger partial charge in [-0.3, -0.25) is 14.5 Å². The Morgan fingerprint density at radius 3 is 2.47 bits per heavy atom. The van der Waals surface area contributed by atoms with Gasteiger partial charge in [0.05, 0.1) is 13.7 Å². The first-order valence-corrected chi connectivity index (χ1v) is 5.01. The molecule has 0 unspecified atom stereocenters. The molecule has 5 heteroatoms. The smallest absolute Gasteiger partial charge is 0.261 e. The van der Waals surface area contributed by atoms with Crippen molar-refractivity contribution in [2.75, 3.05) is 13.7 Å². The largest absolute Gasteiger partial charge is 0.510 e. The van der Waals surface area contributed by atoms with Gasteiger partial charge in [0.15, 0.2) is 0 Å². The summed E-state index contributed by atoms with van der Waals surface area (Å²) < 4.78 is 4.97. The summed E-state index contributed by atoms with van der Waals surface area (Å²) in [6, 6.07) is 6.43. The highest BCUT2D eigenvalue weighted by atomic mass is 16.5. The number of benzene rings is 1. The highest BCUT2D eigenvalue weighted by Gasteiger charge is 2.27. The van der Waals surface area contributed by atoms with Crippen molar-refractivity contribution in [2.45, 2.75) is 0 Å². The van der Waals surface area contributed by atoms with Gasteiger partial charge in [0.1, 0.15) is 11.5 Å². The first-order valence-electron chi connectivity index (χ1n) is 5.01. The Morgan fingerprint density at radius 2 is 2.00 bits per heavy atom. The summed E-state index contributed by atoms with van der Waals surface area (Å²) >= 11 is 0. The number of nitrogens with zero attached hydrogens (tertiary/aromatic N) is 1. The van der Waals surface area contributed by atoms with Gasteiger partial charge in [0, 0.05) is 11.6 Å². The third-order valence-corrected chi connectivity index (χ3v) is 2.46. The quantitative estimate of drug-likeness (QED) is 0.777. The molecule has 0 aliphatic carbocycles. The Bertz CT molecular complexity index is 490. The normalized spacial score (nSPS) is 14.8. The van der Waals surface area contributed by atoms with Crippen LogP contribution in [0.1, 0.15) is 10.4 Å². The van der Waals surface area contributed by atoms with Gasteiger partial charge in [-0.15, -0.1) is 0 Å². The van der Waals surface area contributed by atoms with Crippen LogP contribution < -0.4 is 4.74 Å². The van der Waals surface area contributed by atoms with Gasteiger partial charge in [-0.05, 0) is 24.3 Å². The van der Waals surface area contributed by atoms with Gasteiger partial charge in [0.25, 0.3) is 11.8 Å². The number of imide groups is 1. The lowest BCUT2D eigenvalue weighted by Crippen LogP contribution is -2.32. The Kier molecular flexibility index (Phi) is 2.82. The zero-order valence-electron chi connectivity index (χ0n) is 9.21. The van der Waals surface area contributed by atoms with E-state index in [2.05, 4.69) is 0 Å². The number of hydrogen-bond acceptors (Lipinski definition) is 4. The van der Waals surface area contributed by atoms with Crippen LogP contribution >= 0.6 is 0 Å². The second-order valence-corrected chi connectivity index (χ2v) is 3.59. The van der Waals surface area contributed by atoms with Crippen molar-refractivity contribution in [1.29, 1.82) is 0 Å². The lowest BCUT2D eigenvalue weighted by Gasteiger charge is -2.13. The summed E-state index contributed by atoms with van der Waals surface area (Å²) in [4.78, 5) is 24.3. The zero-order valence-corrected chi connectivity index (χ0v) is 9.21. The minimum Gasteiger partial charge on any atom is -0.510 e. The topological polar surface area (TPSA) is 66.8 Å². The third-order valence-electron chi connectivity index (χ3n) is 2.46. The molecule has 88 valence electrons. The van der Waals surface area contributed by atoms with Gasteiger partial charge in [-0.1, -0.05) is 0 Å². The van der Waals surface area contributed by atoms with Crippen molar-refractivity contribution < 1.29 is 19.4 Å². The number of hydrogen-bond donors (Lipinski definition) is 1. The van der Waals surface area contributed by atoms with Crippen LogP contribution in [0.2, 0.25) is 0 Å². The molecule has 17 heavy (non-hydrogen) atoms. The summed E-state index contributed by atoms with van der Waals surface area (Å²) in [6.45, 7) is -0.0658. The first-order chi connectivity index (χ1) is 8.11. The van der Waals surface area contributed by atoms with E-state index in [1.54, 1.807) is 24.3 Å². The predicted molar refractivity (Wildman–Crippen MR) is 59.7 cm³/mol. The van der Waals surface area contributed by atoms with Crippen molar-refractivity contribution in [3.63, 3.8) is 0 Å².